The van der Waals surface area contributed by atoms with Gasteiger partial charge in [-0.3, -0.25) is 4.79 Å². The summed E-state index contributed by atoms with van der Waals surface area (Å²) in [5.74, 6) is 3.28. The van der Waals surface area contributed by atoms with Crippen LogP contribution in [0, 0.1) is 18.3 Å². The molecule has 0 aliphatic heterocycles. The third-order valence-corrected chi connectivity index (χ3v) is 2.45. The smallest absolute Gasteiger partial charge is 0.233 e. The molecule has 0 radical (unpaired) electrons. The van der Waals surface area contributed by atoms with Crippen molar-refractivity contribution in [3.63, 3.8) is 0 Å². The number of nitrogens with one attached hydrogen (secondary N) is 2. The molecule has 0 aromatic heterocycles. The lowest BCUT2D eigenvalue weighted by molar-refractivity contribution is -0.120. The predicted molar refractivity (Wildman–Crippen MR) is 68.0 cm³/mol. The largest absolute Gasteiger partial charge is 0.355 e. The topological polar surface area (TPSA) is 41.1 Å². The first-order valence-corrected chi connectivity index (χ1v) is 6.03. The average molecular weight is 224 g/mol. The Morgan fingerprint density at radius 3 is 2.62 bits per heavy atom. The van der Waals surface area contributed by atoms with Gasteiger partial charge in [-0.1, -0.05) is 20.8 Å². The molecule has 0 spiro atoms. The molecule has 0 aliphatic carbocycles. The molecule has 1 atom stereocenters. The van der Waals surface area contributed by atoms with Crippen LogP contribution in [0.25, 0.3) is 0 Å². The summed E-state index contributed by atoms with van der Waals surface area (Å²) < 4.78 is 0. The lowest BCUT2D eigenvalue weighted by Gasteiger charge is -2.14. The molecule has 0 bridgehead atoms. The van der Waals surface area contributed by atoms with Crippen LogP contribution in [0.5, 0.6) is 0 Å². The molecule has 16 heavy (non-hydrogen) atoms. The molecule has 0 saturated heterocycles. The fourth-order valence-electron chi connectivity index (χ4n) is 1.30. The van der Waals surface area contributed by atoms with Gasteiger partial charge in [0.05, 0.1) is 6.54 Å². The zero-order chi connectivity index (χ0) is 12.4. The third kappa shape index (κ3) is 8.31. The zero-order valence-corrected chi connectivity index (χ0v) is 10.7. The number of rotatable bonds is 8. The summed E-state index contributed by atoms with van der Waals surface area (Å²) >= 11 is 0. The van der Waals surface area contributed by atoms with Crippen LogP contribution in [0.4, 0.5) is 0 Å². The minimum atomic E-state index is 0.0520. The summed E-state index contributed by atoms with van der Waals surface area (Å²) in [6, 6.07) is 0.251. The standard InChI is InChI=1S/C13H24N2O/c1-5-7-12(6-2)15-10-13(16)14-9-8-11(3)4/h1,11-12,15H,6-10H2,2-4H3,(H,14,16). The average Bonchev–Trinajstić information content (AvgIpc) is 2.23. The number of hydrogen-bond donors (Lipinski definition) is 2. The van der Waals surface area contributed by atoms with Crippen LogP contribution in [0.2, 0.25) is 0 Å². The fourth-order valence-corrected chi connectivity index (χ4v) is 1.30. The molecule has 1 amide bonds. The van der Waals surface area contributed by atoms with E-state index in [1.54, 1.807) is 0 Å². The summed E-state index contributed by atoms with van der Waals surface area (Å²) in [5, 5.41) is 6.04. The molecular formula is C13H24N2O. The predicted octanol–water partition coefficient (Wildman–Crippen LogP) is 1.54. The minimum absolute atomic E-state index is 0.0520. The molecule has 3 heteroatoms. The molecule has 92 valence electrons. The molecule has 0 aromatic rings. The van der Waals surface area contributed by atoms with Crippen molar-refractivity contribution in [1.29, 1.82) is 0 Å². The van der Waals surface area contributed by atoms with Crippen LogP contribution in [0.1, 0.15) is 40.0 Å². The Hall–Kier alpha value is -1.01. The summed E-state index contributed by atoms with van der Waals surface area (Å²) in [5.41, 5.74) is 0. The van der Waals surface area contributed by atoms with E-state index in [-0.39, 0.29) is 11.9 Å². The van der Waals surface area contributed by atoms with Gasteiger partial charge in [0.25, 0.3) is 0 Å². The fraction of sp³-hybridized carbons (Fsp3) is 0.769. The first-order valence-electron chi connectivity index (χ1n) is 6.03. The van der Waals surface area contributed by atoms with Crippen molar-refractivity contribution in [1.82, 2.24) is 10.6 Å². The number of amides is 1. The van der Waals surface area contributed by atoms with E-state index < -0.39 is 0 Å². The molecule has 3 nitrogen and oxygen atoms in total. The van der Waals surface area contributed by atoms with Gasteiger partial charge in [0.2, 0.25) is 5.91 Å². The van der Waals surface area contributed by atoms with Crippen LogP contribution in [0.15, 0.2) is 0 Å². The van der Waals surface area contributed by atoms with Crippen molar-refractivity contribution >= 4 is 5.91 Å². The lowest BCUT2D eigenvalue weighted by Crippen LogP contribution is -2.39. The first-order chi connectivity index (χ1) is 7.60. The van der Waals surface area contributed by atoms with E-state index in [1.807, 2.05) is 0 Å². The number of hydrogen-bond acceptors (Lipinski definition) is 2. The van der Waals surface area contributed by atoms with Crippen molar-refractivity contribution in [2.75, 3.05) is 13.1 Å². The van der Waals surface area contributed by atoms with Crippen LogP contribution >= 0.6 is 0 Å². The Balaban J connectivity index is 3.60. The number of carbonyl (C=O) groups is 1. The Kier molecular flexibility index (Phi) is 8.65. The molecular weight excluding hydrogens is 200 g/mol. The first kappa shape index (κ1) is 15.0. The summed E-state index contributed by atoms with van der Waals surface area (Å²) in [7, 11) is 0. The maximum absolute atomic E-state index is 11.4. The van der Waals surface area contributed by atoms with E-state index >= 15 is 0 Å². The third-order valence-electron chi connectivity index (χ3n) is 2.45. The molecule has 2 N–H and O–H groups in total. The zero-order valence-electron chi connectivity index (χ0n) is 10.7. The van der Waals surface area contributed by atoms with Gasteiger partial charge in [-0.2, -0.15) is 0 Å². The number of terminal acetylenes is 1. The van der Waals surface area contributed by atoms with Crippen molar-refractivity contribution in [2.24, 2.45) is 5.92 Å². The molecule has 0 saturated carbocycles. The summed E-state index contributed by atoms with van der Waals surface area (Å²) in [6.07, 6.45) is 7.88. The molecule has 0 rings (SSSR count). The quantitative estimate of drug-likeness (QED) is 0.614. The minimum Gasteiger partial charge on any atom is -0.355 e. The second-order valence-corrected chi connectivity index (χ2v) is 4.43. The van der Waals surface area contributed by atoms with E-state index in [2.05, 4.69) is 37.3 Å². The van der Waals surface area contributed by atoms with Gasteiger partial charge < -0.3 is 10.6 Å². The monoisotopic (exact) mass is 224 g/mol. The molecule has 0 heterocycles. The van der Waals surface area contributed by atoms with E-state index in [0.29, 0.717) is 18.9 Å². The maximum atomic E-state index is 11.4. The van der Waals surface area contributed by atoms with Crippen molar-refractivity contribution in [3.05, 3.63) is 0 Å². The highest BCUT2D eigenvalue weighted by Gasteiger charge is 2.06. The molecule has 0 fully saturated rings. The Bertz CT molecular complexity index is 231. The van der Waals surface area contributed by atoms with Gasteiger partial charge in [-0.05, 0) is 18.8 Å². The van der Waals surface area contributed by atoms with E-state index in [4.69, 9.17) is 6.42 Å². The second-order valence-electron chi connectivity index (χ2n) is 4.43. The molecule has 0 aromatic carbocycles. The van der Waals surface area contributed by atoms with Crippen molar-refractivity contribution in [2.45, 2.75) is 46.1 Å². The Labute approximate surface area is 99.4 Å². The highest BCUT2D eigenvalue weighted by atomic mass is 16.1. The summed E-state index contributed by atoms with van der Waals surface area (Å²) in [6.45, 7) is 7.46. The normalized spacial score (nSPS) is 12.2. The van der Waals surface area contributed by atoms with E-state index in [0.717, 1.165) is 19.4 Å². The van der Waals surface area contributed by atoms with Crippen molar-refractivity contribution in [3.8, 4) is 12.3 Å². The highest BCUT2D eigenvalue weighted by molar-refractivity contribution is 5.77. The van der Waals surface area contributed by atoms with Crippen LogP contribution in [-0.4, -0.2) is 25.0 Å². The van der Waals surface area contributed by atoms with Crippen LogP contribution in [0.3, 0.4) is 0 Å². The van der Waals surface area contributed by atoms with Gasteiger partial charge in [-0.15, -0.1) is 12.3 Å². The van der Waals surface area contributed by atoms with Gasteiger partial charge in [-0.25, -0.2) is 0 Å². The van der Waals surface area contributed by atoms with Gasteiger partial charge in [0, 0.05) is 19.0 Å². The SMILES string of the molecule is C#CCC(CC)NCC(=O)NCCC(C)C. The summed E-state index contributed by atoms with van der Waals surface area (Å²) in [4.78, 5) is 11.4. The highest BCUT2D eigenvalue weighted by Crippen LogP contribution is 1.96. The number of carbonyl (C=O) groups excluding carboxylic acids is 1. The van der Waals surface area contributed by atoms with Gasteiger partial charge >= 0.3 is 0 Å². The second kappa shape index (κ2) is 9.23. The Morgan fingerprint density at radius 1 is 1.44 bits per heavy atom. The van der Waals surface area contributed by atoms with Crippen molar-refractivity contribution < 1.29 is 4.79 Å². The molecule has 1 unspecified atom stereocenters. The van der Waals surface area contributed by atoms with Gasteiger partial charge in [0.1, 0.15) is 0 Å². The Morgan fingerprint density at radius 2 is 2.12 bits per heavy atom. The van der Waals surface area contributed by atoms with Gasteiger partial charge in [0.15, 0.2) is 0 Å². The van der Waals surface area contributed by atoms with Crippen LogP contribution < -0.4 is 10.6 Å². The van der Waals surface area contributed by atoms with E-state index in [1.165, 1.54) is 0 Å². The van der Waals surface area contributed by atoms with E-state index in [9.17, 15) is 4.79 Å². The maximum Gasteiger partial charge on any atom is 0.233 e. The lowest BCUT2D eigenvalue weighted by atomic mass is 10.1. The van der Waals surface area contributed by atoms with Crippen LogP contribution in [-0.2, 0) is 4.79 Å². The molecule has 0 aliphatic rings.